The average molecular weight is 259 g/mol. The fraction of sp³-hybridized carbons (Fsp3) is 0.111. The zero-order chi connectivity index (χ0) is 13.2. The number of nitro benzene ring substituents is 1. The van der Waals surface area contributed by atoms with Gasteiger partial charge in [0.2, 0.25) is 5.91 Å². The highest BCUT2D eigenvalue weighted by Crippen LogP contribution is 2.32. The minimum atomic E-state index is -1.42. The number of nitrogens with one attached hydrogen (secondary N) is 1. The lowest BCUT2D eigenvalue weighted by molar-refractivity contribution is -0.383. The molecule has 0 radical (unpaired) electrons. The summed E-state index contributed by atoms with van der Waals surface area (Å²) in [5.74, 6) is -2.03. The third-order valence-electron chi connectivity index (χ3n) is 1.81. The van der Waals surface area contributed by atoms with Crippen molar-refractivity contribution in [2.75, 3.05) is 5.32 Å². The fourth-order valence-corrected chi connectivity index (χ4v) is 1.42. The Labute approximate surface area is 100 Å². The highest BCUT2D eigenvalue weighted by atomic mass is 35.5. The standard InChI is InChI=1S/C9H7ClN2O5/c1-4(13)11-8-6(9(14)15)2-5(10)3-7(8)12(16)17/h2-3H,1H3,(H,11,13)(H,14,15). The first-order valence-corrected chi connectivity index (χ1v) is 4.69. The molecule has 0 unspecified atom stereocenters. The second kappa shape index (κ2) is 4.79. The van der Waals surface area contributed by atoms with E-state index in [-0.39, 0.29) is 10.7 Å². The maximum absolute atomic E-state index is 10.9. The number of nitro groups is 1. The first kappa shape index (κ1) is 12.9. The molecule has 1 rings (SSSR count). The molecule has 7 nitrogen and oxygen atoms in total. The molecule has 17 heavy (non-hydrogen) atoms. The largest absolute Gasteiger partial charge is 0.478 e. The Kier molecular flexibility index (Phi) is 3.64. The first-order chi connectivity index (χ1) is 7.82. The van der Waals surface area contributed by atoms with Crippen molar-refractivity contribution in [3.05, 3.63) is 32.8 Å². The minimum Gasteiger partial charge on any atom is -0.478 e. The number of carboxylic acids is 1. The van der Waals surface area contributed by atoms with Crippen LogP contribution in [0.5, 0.6) is 0 Å². The molecule has 0 fully saturated rings. The molecule has 0 spiro atoms. The molecule has 1 amide bonds. The molecule has 0 heterocycles. The molecule has 0 aliphatic heterocycles. The van der Waals surface area contributed by atoms with Crippen LogP contribution in [0, 0.1) is 10.1 Å². The lowest BCUT2D eigenvalue weighted by Gasteiger charge is -2.07. The topological polar surface area (TPSA) is 110 Å². The first-order valence-electron chi connectivity index (χ1n) is 4.31. The summed E-state index contributed by atoms with van der Waals surface area (Å²) in [7, 11) is 0. The van der Waals surface area contributed by atoms with Crippen LogP contribution < -0.4 is 5.32 Å². The number of rotatable bonds is 3. The van der Waals surface area contributed by atoms with Gasteiger partial charge in [0.15, 0.2) is 0 Å². The van der Waals surface area contributed by atoms with Crippen LogP contribution in [0.1, 0.15) is 17.3 Å². The van der Waals surface area contributed by atoms with Gasteiger partial charge in [-0.3, -0.25) is 14.9 Å². The van der Waals surface area contributed by atoms with Gasteiger partial charge in [0.1, 0.15) is 5.69 Å². The monoisotopic (exact) mass is 258 g/mol. The fourth-order valence-electron chi connectivity index (χ4n) is 1.21. The Morgan fingerprint density at radius 1 is 1.47 bits per heavy atom. The highest BCUT2D eigenvalue weighted by Gasteiger charge is 2.23. The summed E-state index contributed by atoms with van der Waals surface area (Å²) < 4.78 is 0. The lowest BCUT2D eigenvalue weighted by atomic mass is 10.1. The maximum Gasteiger partial charge on any atom is 0.338 e. The molecule has 0 saturated carbocycles. The van der Waals surface area contributed by atoms with E-state index < -0.39 is 28.1 Å². The van der Waals surface area contributed by atoms with Crippen LogP contribution in [-0.4, -0.2) is 21.9 Å². The number of benzene rings is 1. The van der Waals surface area contributed by atoms with Gasteiger partial charge in [-0.15, -0.1) is 0 Å². The van der Waals surface area contributed by atoms with Crippen LogP contribution in [-0.2, 0) is 4.79 Å². The molecule has 90 valence electrons. The van der Waals surface area contributed by atoms with E-state index in [0.717, 1.165) is 19.1 Å². The number of carbonyl (C=O) groups excluding carboxylic acids is 1. The van der Waals surface area contributed by atoms with Crippen molar-refractivity contribution in [2.24, 2.45) is 0 Å². The molecule has 8 heteroatoms. The third kappa shape index (κ3) is 2.91. The molecule has 0 saturated heterocycles. The van der Waals surface area contributed by atoms with Gasteiger partial charge in [0, 0.05) is 18.0 Å². The van der Waals surface area contributed by atoms with Crippen LogP contribution >= 0.6 is 11.6 Å². The number of hydrogen-bond donors (Lipinski definition) is 2. The molecule has 2 N–H and O–H groups in total. The number of nitrogens with zero attached hydrogens (tertiary/aromatic N) is 1. The Balaban J connectivity index is 3.52. The minimum absolute atomic E-state index is 0.0943. The van der Waals surface area contributed by atoms with Gasteiger partial charge in [-0.1, -0.05) is 11.6 Å². The normalized spacial score (nSPS) is 9.76. The molecule has 1 aromatic carbocycles. The second-order valence-corrected chi connectivity index (χ2v) is 3.53. The van der Waals surface area contributed by atoms with Crippen molar-refractivity contribution in [2.45, 2.75) is 6.92 Å². The van der Waals surface area contributed by atoms with E-state index >= 15 is 0 Å². The number of hydrogen-bond acceptors (Lipinski definition) is 4. The third-order valence-corrected chi connectivity index (χ3v) is 2.03. The molecule has 0 aliphatic rings. The van der Waals surface area contributed by atoms with E-state index in [1.54, 1.807) is 0 Å². The van der Waals surface area contributed by atoms with Crippen molar-refractivity contribution in [3.63, 3.8) is 0 Å². The maximum atomic E-state index is 10.9. The number of amides is 1. The average Bonchev–Trinajstić information content (AvgIpc) is 2.18. The summed E-state index contributed by atoms with van der Waals surface area (Å²) in [5.41, 5.74) is -1.37. The van der Waals surface area contributed by atoms with Crippen LogP contribution in [0.3, 0.4) is 0 Å². The summed E-state index contributed by atoms with van der Waals surface area (Å²) >= 11 is 5.57. The van der Waals surface area contributed by atoms with Gasteiger partial charge in [-0.25, -0.2) is 4.79 Å². The van der Waals surface area contributed by atoms with Crippen molar-refractivity contribution in [1.29, 1.82) is 0 Å². The smallest absolute Gasteiger partial charge is 0.338 e. The predicted octanol–water partition coefficient (Wildman–Crippen LogP) is 1.90. The Morgan fingerprint density at radius 2 is 2.06 bits per heavy atom. The van der Waals surface area contributed by atoms with E-state index in [2.05, 4.69) is 5.32 Å². The molecule has 0 aliphatic carbocycles. The molecular formula is C9H7ClN2O5. The molecule has 0 atom stereocenters. The molecular weight excluding hydrogens is 252 g/mol. The van der Waals surface area contributed by atoms with Crippen molar-refractivity contribution in [3.8, 4) is 0 Å². The second-order valence-electron chi connectivity index (χ2n) is 3.09. The molecule has 0 bridgehead atoms. The summed E-state index contributed by atoms with van der Waals surface area (Å²) in [5, 5.41) is 21.6. The number of aromatic carboxylic acids is 1. The zero-order valence-electron chi connectivity index (χ0n) is 8.56. The van der Waals surface area contributed by atoms with E-state index in [0.29, 0.717) is 0 Å². The van der Waals surface area contributed by atoms with Gasteiger partial charge >= 0.3 is 5.97 Å². The van der Waals surface area contributed by atoms with Crippen molar-refractivity contribution in [1.82, 2.24) is 0 Å². The predicted molar refractivity (Wildman–Crippen MR) is 59.4 cm³/mol. The van der Waals surface area contributed by atoms with Crippen LogP contribution in [0.2, 0.25) is 5.02 Å². The summed E-state index contributed by atoms with van der Waals surface area (Å²) in [4.78, 5) is 31.7. The quantitative estimate of drug-likeness (QED) is 0.635. The summed E-state index contributed by atoms with van der Waals surface area (Å²) in [6, 6.07) is 2.00. The van der Waals surface area contributed by atoms with Crippen LogP contribution in [0.25, 0.3) is 0 Å². The lowest BCUT2D eigenvalue weighted by Crippen LogP contribution is -2.13. The Hall–Kier alpha value is -2.15. The number of carboxylic acid groups (broad SMARTS) is 1. The number of carbonyl (C=O) groups is 2. The van der Waals surface area contributed by atoms with Gasteiger partial charge in [-0.2, -0.15) is 0 Å². The number of anilines is 1. The summed E-state index contributed by atoms with van der Waals surface area (Å²) in [6.07, 6.45) is 0. The van der Waals surface area contributed by atoms with E-state index in [1.165, 1.54) is 0 Å². The van der Waals surface area contributed by atoms with Crippen molar-refractivity contribution >= 4 is 34.9 Å². The van der Waals surface area contributed by atoms with Crippen molar-refractivity contribution < 1.29 is 19.6 Å². The Morgan fingerprint density at radius 3 is 2.47 bits per heavy atom. The van der Waals surface area contributed by atoms with Gasteiger partial charge in [-0.05, 0) is 6.07 Å². The molecule has 0 aromatic heterocycles. The number of halogens is 1. The van der Waals surface area contributed by atoms with Gasteiger partial charge < -0.3 is 10.4 Å². The van der Waals surface area contributed by atoms with Crippen LogP contribution in [0.4, 0.5) is 11.4 Å². The molecule has 1 aromatic rings. The Bertz CT molecular complexity index is 479. The van der Waals surface area contributed by atoms with E-state index in [9.17, 15) is 19.7 Å². The van der Waals surface area contributed by atoms with E-state index in [4.69, 9.17) is 16.7 Å². The summed E-state index contributed by atoms with van der Waals surface area (Å²) in [6.45, 7) is 1.12. The van der Waals surface area contributed by atoms with E-state index in [1.807, 2.05) is 0 Å². The SMILES string of the molecule is CC(=O)Nc1c(C(=O)O)cc(Cl)cc1[N+](=O)[O-]. The van der Waals surface area contributed by atoms with Gasteiger partial charge in [0.25, 0.3) is 5.69 Å². The van der Waals surface area contributed by atoms with Gasteiger partial charge in [0.05, 0.1) is 10.5 Å². The van der Waals surface area contributed by atoms with Crippen LogP contribution in [0.15, 0.2) is 12.1 Å². The zero-order valence-corrected chi connectivity index (χ0v) is 9.32. The highest BCUT2D eigenvalue weighted by molar-refractivity contribution is 6.31.